The zero-order valence-corrected chi connectivity index (χ0v) is 10.3. The molecule has 0 saturated carbocycles. The van der Waals surface area contributed by atoms with Crippen molar-refractivity contribution in [1.29, 1.82) is 0 Å². The Morgan fingerprint density at radius 2 is 2.44 bits per heavy atom. The van der Waals surface area contributed by atoms with Gasteiger partial charge in [0.15, 0.2) is 17.1 Å². The van der Waals surface area contributed by atoms with Gasteiger partial charge in [0.2, 0.25) is 0 Å². The molecular formula is C11H15N3OS. The summed E-state index contributed by atoms with van der Waals surface area (Å²) in [7, 11) is 1.98. The number of anilines is 1. The number of hydrogen-bond donors (Lipinski definition) is 0. The second kappa shape index (κ2) is 4.65. The van der Waals surface area contributed by atoms with Crippen molar-refractivity contribution in [2.24, 2.45) is 0 Å². The molecule has 86 valence electrons. The highest BCUT2D eigenvalue weighted by Gasteiger charge is 2.15. The van der Waals surface area contributed by atoms with Gasteiger partial charge in [-0.05, 0) is 6.42 Å². The van der Waals surface area contributed by atoms with E-state index in [1.54, 1.807) is 11.3 Å². The number of rotatable bonds is 5. The molecule has 0 atom stereocenters. The van der Waals surface area contributed by atoms with Gasteiger partial charge in [0.25, 0.3) is 0 Å². The molecule has 2 rings (SSSR count). The van der Waals surface area contributed by atoms with Crippen LogP contribution in [0.1, 0.15) is 30.3 Å². The van der Waals surface area contributed by atoms with Gasteiger partial charge < -0.3 is 4.90 Å². The van der Waals surface area contributed by atoms with Gasteiger partial charge in [0, 0.05) is 25.2 Å². The van der Waals surface area contributed by atoms with E-state index in [-0.39, 0.29) is 0 Å². The quantitative estimate of drug-likeness (QED) is 0.750. The molecule has 4 nitrogen and oxygen atoms in total. The Morgan fingerprint density at radius 1 is 1.62 bits per heavy atom. The van der Waals surface area contributed by atoms with E-state index in [1.165, 1.54) is 0 Å². The van der Waals surface area contributed by atoms with Gasteiger partial charge in [-0.2, -0.15) is 0 Å². The van der Waals surface area contributed by atoms with E-state index in [0.717, 1.165) is 36.5 Å². The van der Waals surface area contributed by atoms with E-state index >= 15 is 0 Å². The molecule has 0 amide bonds. The van der Waals surface area contributed by atoms with Crippen molar-refractivity contribution in [1.82, 2.24) is 9.38 Å². The summed E-state index contributed by atoms with van der Waals surface area (Å²) in [5.74, 6) is 0.787. The Kier molecular flexibility index (Phi) is 3.24. The van der Waals surface area contributed by atoms with Crippen molar-refractivity contribution in [2.45, 2.75) is 19.8 Å². The molecule has 2 heterocycles. The van der Waals surface area contributed by atoms with Crippen LogP contribution in [0.4, 0.5) is 5.82 Å². The number of thiazole rings is 1. The van der Waals surface area contributed by atoms with Gasteiger partial charge in [0.05, 0.1) is 0 Å². The predicted molar refractivity (Wildman–Crippen MR) is 66.6 cm³/mol. The van der Waals surface area contributed by atoms with Crippen molar-refractivity contribution in [3.63, 3.8) is 0 Å². The average molecular weight is 237 g/mol. The molecule has 0 fully saturated rings. The number of aldehydes is 1. The maximum atomic E-state index is 11.1. The number of aromatic nitrogens is 2. The number of nitrogens with zero attached hydrogens (tertiary/aromatic N) is 3. The standard InChI is InChI=1S/C11H15N3OS/c1-3-4-5-13(2)10-9(8-15)14-6-7-16-11(14)12-10/h6-8H,3-5H2,1-2H3. The topological polar surface area (TPSA) is 37.6 Å². The summed E-state index contributed by atoms with van der Waals surface area (Å²) in [6.07, 6.45) is 5.02. The molecule has 0 spiro atoms. The lowest BCUT2D eigenvalue weighted by atomic mass is 10.3. The van der Waals surface area contributed by atoms with Crippen LogP contribution in [-0.4, -0.2) is 29.3 Å². The number of carbonyl (C=O) groups is 1. The molecule has 0 unspecified atom stereocenters. The van der Waals surface area contributed by atoms with Gasteiger partial charge in [-0.3, -0.25) is 9.20 Å². The fourth-order valence-corrected chi connectivity index (χ4v) is 2.40. The van der Waals surface area contributed by atoms with E-state index in [4.69, 9.17) is 0 Å². The summed E-state index contributed by atoms with van der Waals surface area (Å²) in [6, 6.07) is 0. The van der Waals surface area contributed by atoms with Crippen LogP contribution in [0.3, 0.4) is 0 Å². The largest absolute Gasteiger partial charge is 0.358 e. The van der Waals surface area contributed by atoms with E-state index in [1.807, 2.05) is 27.9 Å². The van der Waals surface area contributed by atoms with Crippen molar-refractivity contribution in [3.8, 4) is 0 Å². The van der Waals surface area contributed by atoms with Crippen molar-refractivity contribution >= 4 is 28.4 Å². The van der Waals surface area contributed by atoms with Crippen LogP contribution in [0.2, 0.25) is 0 Å². The number of carbonyl (C=O) groups excluding carboxylic acids is 1. The minimum absolute atomic E-state index is 0.648. The Morgan fingerprint density at radius 3 is 3.12 bits per heavy atom. The van der Waals surface area contributed by atoms with Gasteiger partial charge in [0.1, 0.15) is 5.69 Å². The molecule has 0 saturated heterocycles. The molecule has 0 bridgehead atoms. The summed E-state index contributed by atoms with van der Waals surface area (Å²) >= 11 is 1.55. The van der Waals surface area contributed by atoms with Crippen LogP contribution in [-0.2, 0) is 0 Å². The number of unbranched alkanes of at least 4 members (excludes halogenated alkanes) is 1. The summed E-state index contributed by atoms with van der Waals surface area (Å²) in [5, 5.41) is 1.94. The fraction of sp³-hybridized carbons (Fsp3) is 0.455. The molecule has 2 aromatic heterocycles. The summed E-state index contributed by atoms with van der Waals surface area (Å²) in [4.78, 5) is 18.5. The van der Waals surface area contributed by atoms with Crippen LogP contribution >= 0.6 is 11.3 Å². The van der Waals surface area contributed by atoms with Crippen molar-refractivity contribution < 1.29 is 4.79 Å². The zero-order valence-electron chi connectivity index (χ0n) is 9.51. The number of imidazole rings is 1. The van der Waals surface area contributed by atoms with E-state index in [9.17, 15) is 4.79 Å². The second-order valence-corrected chi connectivity index (χ2v) is 4.64. The smallest absolute Gasteiger partial charge is 0.196 e. The van der Waals surface area contributed by atoms with Crippen LogP contribution in [0.15, 0.2) is 11.6 Å². The monoisotopic (exact) mass is 237 g/mol. The van der Waals surface area contributed by atoms with Crippen LogP contribution in [0.25, 0.3) is 4.96 Å². The third-order valence-electron chi connectivity index (χ3n) is 2.60. The lowest BCUT2D eigenvalue weighted by Gasteiger charge is -2.16. The minimum atomic E-state index is 0.648. The van der Waals surface area contributed by atoms with Gasteiger partial charge >= 0.3 is 0 Å². The molecule has 0 aliphatic rings. The molecule has 2 aromatic rings. The lowest BCUT2D eigenvalue weighted by molar-refractivity contribution is 0.111. The Bertz CT molecular complexity index is 488. The summed E-state index contributed by atoms with van der Waals surface area (Å²) in [6.45, 7) is 3.09. The first-order valence-corrected chi connectivity index (χ1v) is 6.27. The molecule has 0 radical (unpaired) electrons. The van der Waals surface area contributed by atoms with Crippen molar-refractivity contribution in [3.05, 3.63) is 17.3 Å². The molecule has 0 aromatic carbocycles. The van der Waals surface area contributed by atoms with Crippen LogP contribution in [0.5, 0.6) is 0 Å². The SMILES string of the molecule is CCCCN(C)c1nc2sccn2c1C=O. The van der Waals surface area contributed by atoms with E-state index < -0.39 is 0 Å². The lowest BCUT2D eigenvalue weighted by Crippen LogP contribution is -2.20. The van der Waals surface area contributed by atoms with Gasteiger partial charge in [-0.15, -0.1) is 11.3 Å². The fourth-order valence-electron chi connectivity index (χ4n) is 1.68. The van der Waals surface area contributed by atoms with Crippen LogP contribution in [0, 0.1) is 0 Å². The highest BCUT2D eigenvalue weighted by Crippen LogP contribution is 2.22. The highest BCUT2D eigenvalue weighted by molar-refractivity contribution is 7.15. The molecular weight excluding hydrogens is 222 g/mol. The molecule has 0 aliphatic heterocycles. The molecule has 5 heteroatoms. The summed E-state index contributed by atoms with van der Waals surface area (Å²) in [5.41, 5.74) is 0.648. The average Bonchev–Trinajstić information content (AvgIpc) is 2.84. The first-order valence-electron chi connectivity index (χ1n) is 5.39. The van der Waals surface area contributed by atoms with Gasteiger partial charge in [-0.25, -0.2) is 4.98 Å². The normalized spacial score (nSPS) is 10.9. The van der Waals surface area contributed by atoms with E-state index in [2.05, 4.69) is 11.9 Å². The van der Waals surface area contributed by atoms with Crippen molar-refractivity contribution in [2.75, 3.05) is 18.5 Å². The predicted octanol–water partition coefficient (Wildman–Crippen LogP) is 2.44. The molecule has 0 N–H and O–H groups in total. The first-order chi connectivity index (χ1) is 7.77. The molecule has 0 aliphatic carbocycles. The maximum absolute atomic E-state index is 11.1. The highest BCUT2D eigenvalue weighted by atomic mass is 32.1. The third-order valence-corrected chi connectivity index (χ3v) is 3.36. The van der Waals surface area contributed by atoms with E-state index in [0.29, 0.717) is 5.69 Å². The Balaban J connectivity index is 2.35. The first kappa shape index (κ1) is 11.1. The second-order valence-electron chi connectivity index (χ2n) is 3.77. The minimum Gasteiger partial charge on any atom is -0.358 e. The molecule has 16 heavy (non-hydrogen) atoms. The third kappa shape index (κ3) is 1.82. The Labute approximate surface area is 98.5 Å². The van der Waals surface area contributed by atoms with Crippen LogP contribution < -0.4 is 4.90 Å². The zero-order chi connectivity index (χ0) is 11.5. The number of fused-ring (bicyclic) bond motifs is 1. The Hall–Kier alpha value is -1.36. The maximum Gasteiger partial charge on any atom is 0.196 e. The number of hydrogen-bond acceptors (Lipinski definition) is 4. The van der Waals surface area contributed by atoms with Gasteiger partial charge in [-0.1, -0.05) is 13.3 Å². The summed E-state index contributed by atoms with van der Waals surface area (Å²) < 4.78 is 1.84.